The highest BCUT2D eigenvalue weighted by molar-refractivity contribution is 6.30. The predicted molar refractivity (Wildman–Crippen MR) is 115 cm³/mol. The van der Waals surface area contributed by atoms with Gasteiger partial charge in [0.05, 0.1) is 6.42 Å². The number of amides is 2. The fraction of sp³-hybridized carbons (Fsp3) is 0.364. The zero-order chi connectivity index (χ0) is 20.7. The number of rotatable bonds is 8. The Hall–Kier alpha value is -2.04. The minimum Gasteiger partial charge on any atom is -0.352 e. The summed E-state index contributed by atoms with van der Waals surface area (Å²) in [6.07, 6.45) is 0.701. The lowest BCUT2D eigenvalue weighted by Crippen LogP contribution is -2.50. The third kappa shape index (κ3) is 6.54. The van der Waals surface area contributed by atoms with Crippen LogP contribution in [0, 0.1) is 0 Å². The molecule has 0 radical (unpaired) electrons. The maximum Gasteiger partial charge on any atom is 0.243 e. The second kappa shape index (κ2) is 10.5. The zero-order valence-corrected chi connectivity index (χ0v) is 17.9. The van der Waals surface area contributed by atoms with Crippen molar-refractivity contribution in [2.75, 3.05) is 0 Å². The summed E-state index contributed by atoms with van der Waals surface area (Å²) in [6, 6.07) is 14.0. The molecule has 2 aromatic rings. The van der Waals surface area contributed by atoms with E-state index in [4.69, 9.17) is 23.2 Å². The number of benzene rings is 2. The lowest BCUT2D eigenvalue weighted by Gasteiger charge is -2.31. The van der Waals surface area contributed by atoms with Gasteiger partial charge in [0, 0.05) is 22.6 Å². The molecule has 2 rings (SSSR count). The number of carbonyl (C=O) groups is 2. The molecular formula is C22H26Cl2N2O2. The molecule has 0 fully saturated rings. The van der Waals surface area contributed by atoms with E-state index in [1.54, 1.807) is 29.2 Å². The van der Waals surface area contributed by atoms with Gasteiger partial charge in [-0.15, -0.1) is 0 Å². The molecule has 28 heavy (non-hydrogen) atoms. The molecule has 0 saturated heterocycles. The van der Waals surface area contributed by atoms with Crippen LogP contribution in [-0.2, 0) is 22.6 Å². The van der Waals surface area contributed by atoms with Crippen molar-refractivity contribution >= 4 is 35.0 Å². The molecule has 2 aromatic carbocycles. The normalized spacial score (nSPS) is 11.9. The number of carbonyl (C=O) groups excluding carboxylic acids is 2. The van der Waals surface area contributed by atoms with Crippen LogP contribution < -0.4 is 5.32 Å². The third-order valence-corrected chi connectivity index (χ3v) is 4.81. The van der Waals surface area contributed by atoms with E-state index in [1.807, 2.05) is 45.0 Å². The Morgan fingerprint density at radius 3 is 2.25 bits per heavy atom. The van der Waals surface area contributed by atoms with Crippen molar-refractivity contribution in [3.8, 4) is 0 Å². The SMILES string of the molecule is CCC(C(=O)NC(C)C)N(Cc1ccc(Cl)cc1)C(=O)Cc1cccc(Cl)c1. The standard InChI is InChI=1S/C22H26Cl2N2O2/c1-4-20(22(28)25-15(2)3)26(14-16-8-10-18(23)11-9-16)21(27)13-17-6-5-7-19(24)12-17/h5-12,15,20H,4,13-14H2,1-3H3,(H,25,28). The molecule has 1 N–H and O–H groups in total. The van der Waals surface area contributed by atoms with Crippen molar-refractivity contribution in [3.63, 3.8) is 0 Å². The van der Waals surface area contributed by atoms with Crippen LogP contribution in [0.5, 0.6) is 0 Å². The van der Waals surface area contributed by atoms with E-state index >= 15 is 0 Å². The first-order valence-electron chi connectivity index (χ1n) is 9.39. The lowest BCUT2D eigenvalue weighted by molar-refractivity contribution is -0.141. The monoisotopic (exact) mass is 420 g/mol. The maximum absolute atomic E-state index is 13.2. The molecule has 0 aromatic heterocycles. The van der Waals surface area contributed by atoms with Crippen LogP contribution in [0.25, 0.3) is 0 Å². The average Bonchev–Trinajstić information content (AvgIpc) is 2.62. The second-order valence-electron chi connectivity index (χ2n) is 7.04. The summed E-state index contributed by atoms with van der Waals surface area (Å²) in [5.41, 5.74) is 1.73. The highest BCUT2D eigenvalue weighted by Crippen LogP contribution is 2.18. The summed E-state index contributed by atoms with van der Waals surface area (Å²) in [4.78, 5) is 27.5. The van der Waals surface area contributed by atoms with Gasteiger partial charge in [0.25, 0.3) is 0 Å². The molecule has 0 spiro atoms. The number of nitrogens with zero attached hydrogens (tertiary/aromatic N) is 1. The Morgan fingerprint density at radius 2 is 1.68 bits per heavy atom. The van der Waals surface area contributed by atoms with Crippen LogP contribution in [0.15, 0.2) is 48.5 Å². The Labute approximate surface area is 176 Å². The van der Waals surface area contributed by atoms with Gasteiger partial charge in [-0.2, -0.15) is 0 Å². The van der Waals surface area contributed by atoms with Crippen molar-refractivity contribution in [3.05, 3.63) is 69.7 Å². The van der Waals surface area contributed by atoms with Crippen molar-refractivity contribution in [1.82, 2.24) is 10.2 Å². The van der Waals surface area contributed by atoms with Gasteiger partial charge in [0.2, 0.25) is 11.8 Å². The summed E-state index contributed by atoms with van der Waals surface area (Å²) in [5.74, 6) is -0.270. The van der Waals surface area contributed by atoms with Gasteiger partial charge in [-0.25, -0.2) is 0 Å². The van der Waals surface area contributed by atoms with E-state index in [2.05, 4.69) is 5.32 Å². The molecule has 6 heteroatoms. The number of hydrogen-bond donors (Lipinski definition) is 1. The van der Waals surface area contributed by atoms with Crippen molar-refractivity contribution in [2.45, 2.75) is 52.2 Å². The molecule has 1 unspecified atom stereocenters. The minimum atomic E-state index is -0.551. The molecule has 0 aliphatic carbocycles. The summed E-state index contributed by atoms with van der Waals surface area (Å²) in [7, 11) is 0. The van der Waals surface area contributed by atoms with Gasteiger partial charge in [0.1, 0.15) is 6.04 Å². The highest BCUT2D eigenvalue weighted by atomic mass is 35.5. The van der Waals surface area contributed by atoms with Gasteiger partial charge >= 0.3 is 0 Å². The Bertz CT molecular complexity index is 806. The van der Waals surface area contributed by atoms with E-state index in [9.17, 15) is 9.59 Å². The van der Waals surface area contributed by atoms with Crippen LogP contribution in [-0.4, -0.2) is 28.8 Å². The summed E-state index contributed by atoms with van der Waals surface area (Å²) in [6.45, 7) is 6.05. The van der Waals surface area contributed by atoms with E-state index in [0.29, 0.717) is 23.0 Å². The summed E-state index contributed by atoms with van der Waals surface area (Å²) in [5, 5.41) is 4.13. The highest BCUT2D eigenvalue weighted by Gasteiger charge is 2.29. The van der Waals surface area contributed by atoms with Gasteiger partial charge in [-0.1, -0.05) is 54.4 Å². The molecule has 0 bridgehead atoms. The van der Waals surface area contributed by atoms with Gasteiger partial charge in [0.15, 0.2) is 0 Å². The van der Waals surface area contributed by atoms with Crippen molar-refractivity contribution < 1.29 is 9.59 Å². The summed E-state index contributed by atoms with van der Waals surface area (Å²) < 4.78 is 0. The Kier molecular flexibility index (Phi) is 8.34. The van der Waals surface area contributed by atoms with Crippen LogP contribution in [0.4, 0.5) is 0 Å². The Balaban J connectivity index is 2.28. The summed E-state index contributed by atoms with van der Waals surface area (Å²) >= 11 is 12.0. The molecule has 4 nitrogen and oxygen atoms in total. The Morgan fingerprint density at radius 1 is 1.00 bits per heavy atom. The van der Waals surface area contributed by atoms with E-state index < -0.39 is 6.04 Å². The smallest absolute Gasteiger partial charge is 0.243 e. The third-order valence-electron chi connectivity index (χ3n) is 4.33. The lowest BCUT2D eigenvalue weighted by atomic mass is 10.1. The second-order valence-corrected chi connectivity index (χ2v) is 7.92. The van der Waals surface area contributed by atoms with Gasteiger partial charge in [-0.3, -0.25) is 9.59 Å². The van der Waals surface area contributed by atoms with Crippen LogP contribution in [0.2, 0.25) is 10.0 Å². The van der Waals surface area contributed by atoms with Gasteiger partial charge < -0.3 is 10.2 Å². The predicted octanol–water partition coefficient (Wildman–Crippen LogP) is 4.87. The maximum atomic E-state index is 13.2. The van der Waals surface area contributed by atoms with Crippen molar-refractivity contribution in [2.24, 2.45) is 0 Å². The fourth-order valence-corrected chi connectivity index (χ4v) is 3.35. The zero-order valence-electron chi connectivity index (χ0n) is 16.4. The van der Waals surface area contributed by atoms with Gasteiger partial charge in [-0.05, 0) is 55.7 Å². The molecule has 0 aliphatic rings. The van der Waals surface area contributed by atoms with E-state index in [0.717, 1.165) is 11.1 Å². The molecule has 1 atom stereocenters. The fourth-order valence-electron chi connectivity index (χ4n) is 3.01. The van der Waals surface area contributed by atoms with Crippen LogP contribution in [0.1, 0.15) is 38.3 Å². The minimum absolute atomic E-state index is 0.00182. The number of nitrogens with one attached hydrogen (secondary N) is 1. The number of hydrogen-bond acceptors (Lipinski definition) is 2. The molecular weight excluding hydrogens is 395 g/mol. The van der Waals surface area contributed by atoms with Crippen LogP contribution >= 0.6 is 23.2 Å². The molecule has 2 amide bonds. The largest absolute Gasteiger partial charge is 0.352 e. The first-order chi connectivity index (χ1) is 13.3. The quantitative estimate of drug-likeness (QED) is 0.661. The van der Waals surface area contributed by atoms with E-state index in [-0.39, 0.29) is 24.3 Å². The molecule has 150 valence electrons. The first kappa shape index (κ1) is 22.3. The van der Waals surface area contributed by atoms with Crippen LogP contribution in [0.3, 0.4) is 0 Å². The van der Waals surface area contributed by atoms with Crippen molar-refractivity contribution in [1.29, 1.82) is 0 Å². The molecule has 0 saturated carbocycles. The topological polar surface area (TPSA) is 49.4 Å². The molecule has 0 heterocycles. The average molecular weight is 421 g/mol. The first-order valence-corrected chi connectivity index (χ1v) is 10.1. The van der Waals surface area contributed by atoms with E-state index in [1.165, 1.54) is 0 Å². The number of halogens is 2. The molecule has 0 aliphatic heterocycles.